The number of para-hydroxylation sites is 1. The van der Waals surface area contributed by atoms with Gasteiger partial charge in [-0.05, 0) is 41.3 Å². The van der Waals surface area contributed by atoms with Gasteiger partial charge in [0.25, 0.3) is 10.0 Å². The normalized spacial score (nSPS) is 11.2. The number of carbonyl (C=O) groups excluding carboxylic acids is 1. The Morgan fingerprint density at radius 2 is 1.87 bits per heavy atom. The van der Waals surface area contributed by atoms with Crippen molar-refractivity contribution < 1.29 is 36.2 Å². The summed E-state index contributed by atoms with van der Waals surface area (Å²) < 4.78 is 66.9. The Kier molecular flexibility index (Phi) is 7.08. The number of hydrogen-bond acceptors (Lipinski definition) is 7. The number of esters is 1. The molecular formula is C20H17F2NO6S2. The number of sulfonamides is 1. The van der Waals surface area contributed by atoms with Gasteiger partial charge in [-0.1, -0.05) is 24.3 Å². The van der Waals surface area contributed by atoms with Crippen LogP contribution in [0.2, 0.25) is 0 Å². The van der Waals surface area contributed by atoms with Gasteiger partial charge in [0.05, 0.1) is 18.4 Å². The van der Waals surface area contributed by atoms with E-state index in [1.54, 1.807) is 23.6 Å². The first-order valence-corrected chi connectivity index (χ1v) is 11.1. The van der Waals surface area contributed by atoms with Crippen molar-refractivity contribution >= 4 is 33.0 Å². The van der Waals surface area contributed by atoms with E-state index < -0.39 is 22.6 Å². The van der Waals surface area contributed by atoms with E-state index in [1.165, 1.54) is 43.5 Å². The molecule has 0 spiro atoms. The van der Waals surface area contributed by atoms with E-state index in [-0.39, 0.29) is 33.6 Å². The molecule has 0 radical (unpaired) electrons. The predicted molar refractivity (Wildman–Crippen MR) is 110 cm³/mol. The van der Waals surface area contributed by atoms with E-state index in [0.29, 0.717) is 5.56 Å². The minimum absolute atomic E-state index is 0.0206. The molecule has 11 heteroatoms. The summed E-state index contributed by atoms with van der Waals surface area (Å²) in [4.78, 5) is 12.6. The molecule has 1 heterocycles. The molecule has 3 aromatic rings. The van der Waals surface area contributed by atoms with E-state index >= 15 is 0 Å². The third-order valence-electron chi connectivity index (χ3n) is 3.97. The van der Waals surface area contributed by atoms with Crippen LogP contribution in [0.25, 0.3) is 0 Å². The summed E-state index contributed by atoms with van der Waals surface area (Å²) >= 11 is 1.04. The third kappa shape index (κ3) is 5.70. The monoisotopic (exact) mass is 469 g/mol. The Balaban J connectivity index is 1.73. The lowest BCUT2D eigenvalue weighted by Gasteiger charge is -2.13. The average Bonchev–Trinajstić information content (AvgIpc) is 3.28. The van der Waals surface area contributed by atoms with Gasteiger partial charge in [0.2, 0.25) is 0 Å². The highest BCUT2D eigenvalue weighted by molar-refractivity contribution is 7.94. The molecule has 3 rings (SSSR count). The summed E-state index contributed by atoms with van der Waals surface area (Å²) in [6.07, 6.45) is 0. The zero-order chi connectivity index (χ0) is 22.4. The topological polar surface area (TPSA) is 90.9 Å². The van der Waals surface area contributed by atoms with E-state index in [0.717, 1.165) is 11.3 Å². The first kappa shape index (κ1) is 22.5. The molecule has 0 aliphatic heterocycles. The Morgan fingerprint density at radius 1 is 1.10 bits per heavy atom. The van der Waals surface area contributed by atoms with Gasteiger partial charge < -0.3 is 14.2 Å². The van der Waals surface area contributed by atoms with E-state index in [2.05, 4.69) is 9.46 Å². The molecular weight excluding hydrogens is 452 g/mol. The summed E-state index contributed by atoms with van der Waals surface area (Å²) in [7, 11) is -2.56. The fourth-order valence-electron chi connectivity index (χ4n) is 2.58. The SMILES string of the molecule is COc1cc(COC(=O)c2ccccc2NS(=O)(=O)c2cccs2)ccc1OC(F)F. The zero-order valence-electron chi connectivity index (χ0n) is 16.1. The lowest BCUT2D eigenvalue weighted by molar-refractivity contribution is -0.0512. The van der Waals surface area contributed by atoms with Crippen LogP contribution in [0.1, 0.15) is 15.9 Å². The number of anilines is 1. The quantitative estimate of drug-likeness (QED) is 0.464. The highest BCUT2D eigenvalue weighted by Crippen LogP contribution is 2.30. The Labute approximate surface area is 181 Å². The van der Waals surface area contributed by atoms with Crippen LogP contribution in [0, 0.1) is 0 Å². The van der Waals surface area contributed by atoms with Crippen LogP contribution in [0.15, 0.2) is 64.2 Å². The number of benzene rings is 2. The Morgan fingerprint density at radius 3 is 2.55 bits per heavy atom. The largest absolute Gasteiger partial charge is 0.493 e. The number of nitrogens with one attached hydrogen (secondary N) is 1. The zero-order valence-corrected chi connectivity index (χ0v) is 17.7. The van der Waals surface area contributed by atoms with Gasteiger partial charge in [0, 0.05) is 0 Å². The Bertz CT molecular complexity index is 1150. The molecule has 0 atom stereocenters. The van der Waals surface area contributed by atoms with Gasteiger partial charge in [-0.15, -0.1) is 11.3 Å². The van der Waals surface area contributed by atoms with Crippen LogP contribution in [0.5, 0.6) is 11.5 Å². The number of carbonyl (C=O) groups is 1. The number of halogens is 2. The number of alkyl halides is 2. The van der Waals surface area contributed by atoms with Gasteiger partial charge in [-0.25, -0.2) is 13.2 Å². The average molecular weight is 469 g/mol. The molecule has 0 saturated carbocycles. The maximum atomic E-state index is 12.6. The standard InChI is InChI=1S/C20H17F2NO6S2/c1-27-17-11-13(8-9-16(17)29-20(21)22)12-28-19(24)14-5-2-3-6-15(14)23-31(25,26)18-7-4-10-30-18/h2-11,20,23H,12H2,1H3. The fraction of sp³-hybridized carbons (Fsp3) is 0.150. The van der Waals surface area contributed by atoms with Gasteiger partial charge in [-0.3, -0.25) is 4.72 Å². The summed E-state index contributed by atoms with van der Waals surface area (Å²) in [5.41, 5.74) is 0.551. The second kappa shape index (κ2) is 9.75. The van der Waals surface area contributed by atoms with E-state index in [4.69, 9.17) is 9.47 Å². The summed E-state index contributed by atoms with van der Waals surface area (Å²) in [6, 6.07) is 13.2. The maximum Gasteiger partial charge on any atom is 0.387 e. The number of thiophene rings is 1. The van der Waals surface area contributed by atoms with Gasteiger partial charge in [0.1, 0.15) is 10.8 Å². The first-order chi connectivity index (χ1) is 14.8. The van der Waals surface area contributed by atoms with Crippen molar-refractivity contribution in [2.45, 2.75) is 17.4 Å². The Hall–Kier alpha value is -3.18. The van der Waals surface area contributed by atoms with Crippen molar-refractivity contribution in [3.63, 3.8) is 0 Å². The van der Waals surface area contributed by atoms with Crippen LogP contribution in [0.4, 0.5) is 14.5 Å². The predicted octanol–water partition coefficient (Wildman–Crippen LogP) is 4.52. The number of hydrogen-bond donors (Lipinski definition) is 1. The molecule has 0 unspecified atom stereocenters. The smallest absolute Gasteiger partial charge is 0.387 e. The molecule has 31 heavy (non-hydrogen) atoms. The van der Waals surface area contributed by atoms with Crippen molar-refractivity contribution in [2.24, 2.45) is 0 Å². The summed E-state index contributed by atoms with van der Waals surface area (Å²) in [5.74, 6) is -0.866. The fourth-order valence-corrected chi connectivity index (χ4v) is 4.66. The van der Waals surface area contributed by atoms with Gasteiger partial charge in [0.15, 0.2) is 11.5 Å². The van der Waals surface area contributed by atoms with Crippen molar-refractivity contribution in [1.29, 1.82) is 0 Å². The van der Waals surface area contributed by atoms with Crippen LogP contribution in [0.3, 0.4) is 0 Å². The molecule has 0 aliphatic carbocycles. The second-order valence-electron chi connectivity index (χ2n) is 6.02. The first-order valence-electron chi connectivity index (χ1n) is 8.74. The number of rotatable bonds is 9. The van der Waals surface area contributed by atoms with Crippen molar-refractivity contribution in [2.75, 3.05) is 11.8 Å². The molecule has 2 aromatic carbocycles. The van der Waals surface area contributed by atoms with Crippen LogP contribution >= 0.6 is 11.3 Å². The lowest BCUT2D eigenvalue weighted by Crippen LogP contribution is -2.15. The highest BCUT2D eigenvalue weighted by Gasteiger charge is 2.20. The van der Waals surface area contributed by atoms with E-state index in [1.807, 2.05) is 0 Å². The molecule has 0 bridgehead atoms. The number of methoxy groups -OCH3 is 1. The molecule has 7 nitrogen and oxygen atoms in total. The minimum Gasteiger partial charge on any atom is -0.493 e. The van der Waals surface area contributed by atoms with Gasteiger partial charge >= 0.3 is 12.6 Å². The molecule has 0 aliphatic rings. The third-order valence-corrected chi connectivity index (χ3v) is 6.73. The van der Waals surface area contributed by atoms with Crippen LogP contribution < -0.4 is 14.2 Å². The van der Waals surface area contributed by atoms with Crippen molar-refractivity contribution in [1.82, 2.24) is 0 Å². The molecule has 0 fully saturated rings. The van der Waals surface area contributed by atoms with Crippen LogP contribution in [-0.2, 0) is 21.4 Å². The van der Waals surface area contributed by atoms with Gasteiger partial charge in [-0.2, -0.15) is 8.78 Å². The minimum atomic E-state index is -3.85. The molecule has 0 amide bonds. The molecule has 164 valence electrons. The highest BCUT2D eigenvalue weighted by atomic mass is 32.2. The molecule has 1 N–H and O–H groups in total. The van der Waals surface area contributed by atoms with Crippen molar-refractivity contribution in [3.05, 3.63) is 71.1 Å². The van der Waals surface area contributed by atoms with Crippen molar-refractivity contribution in [3.8, 4) is 11.5 Å². The summed E-state index contributed by atoms with van der Waals surface area (Å²) in [5, 5.41) is 1.63. The molecule has 1 aromatic heterocycles. The van der Waals surface area contributed by atoms with Crippen LogP contribution in [-0.4, -0.2) is 28.1 Å². The maximum absolute atomic E-state index is 12.6. The van der Waals surface area contributed by atoms with E-state index in [9.17, 15) is 22.0 Å². The lowest BCUT2D eigenvalue weighted by atomic mass is 10.2. The number of ether oxygens (including phenoxy) is 3. The second-order valence-corrected chi connectivity index (χ2v) is 8.88. The molecule has 0 saturated heterocycles. The summed E-state index contributed by atoms with van der Waals surface area (Å²) in [6.45, 7) is -3.21.